The molecule has 3 rings (SSSR count). The Hall–Kier alpha value is -2.47. The molecule has 0 fully saturated rings. The molecule has 21 heavy (non-hydrogen) atoms. The summed E-state index contributed by atoms with van der Waals surface area (Å²) in [5, 5.41) is 5.67. The van der Waals surface area contributed by atoms with Crippen molar-refractivity contribution in [3.05, 3.63) is 53.8 Å². The molecule has 1 aromatic heterocycles. The Bertz CT molecular complexity index is 798. The summed E-state index contributed by atoms with van der Waals surface area (Å²) >= 11 is 1.23. The van der Waals surface area contributed by atoms with Crippen molar-refractivity contribution in [3.63, 3.8) is 0 Å². The molecule has 0 atom stereocenters. The fourth-order valence-corrected chi connectivity index (χ4v) is 2.74. The molecule has 106 valence electrons. The van der Waals surface area contributed by atoms with Gasteiger partial charge in [0.25, 0.3) is 0 Å². The van der Waals surface area contributed by atoms with Crippen LogP contribution in [0, 0.1) is 12.7 Å². The van der Waals surface area contributed by atoms with E-state index in [9.17, 15) is 9.18 Å². The van der Waals surface area contributed by atoms with Crippen molar-refractivity contribution in [2.75, 3.05) is 10.6 Å². The Balaban J connectivity index is 1.74. The topological polar surface area (TPSA) is 54.0 Å². The zero-order valence-corrected chi connectivity index (χ0v) is 12.0. The third kappa shape index (κ3) is 3.00. The number of para-hydroxylation sites is 1. The number of anilines is 2. The van der Waals surface area contributed by atoms with Gasteiger partial charge in [0.15, 0.2) is 5.13 Å². The number of aromatic nitrogens is 1. The van der Waals surface area contributed by atoms with Crippen LogP contribution in [0.2, 0.25) is 0 Å². The number of thiazole rings is 1. The van der Waals surface area contributed by atoms with Gasteiger partial charge in [-0.05, 0) is 31.2 Å². The number of hydrogen-bond donors (Lipinski definition) is 2. The minimum absolute atomic E-state index is 0.271. The molecule has 0 bridgehead atoms. The SMILES string of the molecule is Cc1ccc(NC(=O)Nc2nc3c(F)cccc3s2)cc1. The number of hydrogen-bond acceptors (Lipinski definition) is 3. The molecule has 0 aliphatic carbocycles. The maximum absolute atomic E-state index is 13.5. The van der Waals surface area contributed by atoms with Crippen molar-refractivity contribution in [3.8, 4) is 0 Å². The Morgan fingerprint density at radius 3 is 2.62 bits per heavy atom. The molecule has 0 saturated carbocycles. The van der Waals surface area contributed by atoms with Crippen molar-refractivity contribution in [2.45, 2.75) is 6.92 Å². The molecular formula is C15H12FN3OS. The second-order valence-corrected chi connectivity index (χ2v) is 5.58. The van der Waals surface area contributed by atoms with Crippen molar-refractivity contribution in [2.24, 2.45) is 0 Å². The van der Waals surface area contributed by atoms with Gasteiger partial charge in [0, 0.05) is 5.69 Å². The number of carbonyl (C=O) groups excluding carboxylic acids is 1. The Labute approximate surface area is 124 Å². The Morgan fingerprint density at radius 1 is 1.14 bits per heavy atom. The number of fused-ring (bicyclic) bond motifs is 1. The summed E-state index contributed by atoms with van der Waals surface area (Å²) in [6, 6.07) is 11.8. The third-order valence-corrected chi connectivity index (χ3v) is 3.84. The van der Waals surface area contributed by atoms with E-state index in [4.69, 9.17) is 0 Å². The van der Waals surface area contributed by atoms with Crippen LogP contribution >= 0.6 is 11.3 Å². The van der Waals surface area contributed by atoms with Gasteiger partial charge in [-0.25, -0.2) is 14.2 Å². The van der Waals surface area contributed by atoms with E-state index in [1.165, 1.54) is 17.4 Å². The van der Waals surface area contributed by atoms with Gasteiger partial charge < -0.3 is 5.32 Å². The molecule has 2 amide bonds. The summed E-state index contributed by atoms with van der Waals surface area (Å²) in [6.45, 7) is 1.97. The Kier molecular flexibility index (Phi) is 3.53. The lowest BCUT2D eigenvalue weighted by Crippen LogP contribution is -2.19. The lowest BCUT2D eigenvalue weighted by atomic mass is 10.2. The Morgan fingerprint density at radius 2 is 1.90 bits per heavy atom. The van der Waals surface area contributed by atoms with Crippen LogP contribution in [-0.4, -0.2) is 11.0 Å². The first-order chi connectivity index (χ1) is 10.1. The van der Waals surface area contributed by atoms with Gasteiger partial charge in [-0.3, -0.25) is 5.32 Å². The first-order valence-electron chi connectivity index (χ1n) is 6.31. The highest BCUT2D eigenvalue weighted by Gasteiger charge is 2.10. The second-order valence-electron chi connectivity index (χ2n) is 4.55. The summed E-state index contributed by atoms with van der Waals surface area (Å²) in [7, 11) is 0. The summed E-state index contributed by atoms with van der Waals surface area (Å²) in [4.78, 5) is 16.0. The maximum Gasteiger partial charge on any atom is 0.325 e. The summed E-state index contributed by atoms with van der Waals surface area (Å²) in [5.74, 6) is -0.393. The quantitative estimate of drug-likeness (QED) is 0.737. The number of rotatable bonds is 2. The number of halogens is 1. The van der Waals surface area contributed by atoms with E-state index < -0.39 is 11.8 Å². The number of nitrogens with zero attached hydrogens (tertiary/aromatic N) is 1. The van der Waals surface area contributed by atoms with Gasteiger partial charge in [-0.1, -0.05) is 35.1 Å². The third-order valence-electron chi connectivity index (χ3n) is 2.90. The molecule has 2 N–H and O–H groups in total. The number of urea groups is 1. The summed E-state index contributed by atoms with van der Waals surface area (Å²) in [5.41, 5.74) is 2.07. The average molecular weight is 301 g/mol. The average Bonchev–Trinajstić information content (AvgIpc) is 2.85. The normalized spacial score (nSPS) is 10.6. The molecular weight excluding hydrogens is 289 g/mol. The van der Waals surface area contributed by atoms with Crippen molar-refractivity contribution >= 4 is 38.4 Å². The first-order valence-corrected chi connectivity index (χ1v) is 7.13. The fourth-order valence-electron chi connectivity index (χ4n) is 1.86. The van der Waals surface area contributed by atoms with E-state index in [0.717, 1.165) is 5.56 Å². The number of aryl methyl sites for hydroxylation is 1. The highest BCUT2D eigenvalue weighted by Crippen LogP contribution is 2.27. The van der Waals surface area contributed by atoms with E-state index in [1.807, 2.05) is 31.2 Å². The smallest absolute Gasteiger partial charge is 0.308 e. The molecule has 3 aromatic rings. The molecule has 0 spiro atoms. The maximum atomic E-state index is 13.5. The first kappa shape index (κ1) is 13.5. The van der Waals surface area contributed by atoms with Crippen LogP contribution < -0.4 is 10.6 Å². The van der Waals surface area contributed by atoms with Crippen molar-refractivity contribution < 1.29 is 9.18 Å². The molecule has 1 heterocycles. The summed E-state index contributed by atoms with van der Waals surface area (Å²) < 4.78 is 14.2. The van der Waals surface area contributed by atoms with Crippen LogP contribution in [0.15, 0.2) is 42.5 Å². The van der Waals surface area contributed by atoms with Gasteiger partial charge in [0.05, 0.1) is 4.70 Å². The van der Waals surface area contributed by atoms with Gasteiger partial charge in [-0.15, -0.1) is 0 Å². The molecule has 0 radical (unpaired) electrons. The lowest BCUT2D eigenvalue weighted by Gasteiger charge is -2.05. The van der Waals surface area contributed by atoms with Crippen molar-refractivity contribution in [1.82, 2.24) is 4.98 Å². The molecule has 0 aliphatic rings. The van der Waals surface area contributed by atoms with Gasteiger partial charge >= 0.3 is 6.03 Å². The number of carbonyl (C=O) groups is 1. The second kappa shape index (κ2) is 5.49. The van der Waals surface area contributed by atoms with E-state index in [2.05, 4.69) is 15.6 Å². The molecule has 0 unspecified atom stereocenters. The molecule has 4 nitrogen and oxygen atoms in total. The molecule has 2 aromatic carbocycles. The number of nitrogens with one attached hydrogen (secondary N) is 2. The van der Waals surface area contributed by atoms with E-state index in [1.54, 1.807) is 12.1 Å². The monoisotopic (exact) mass is 301 g/mol. The van der Waals surface area contributed by atoms with Crippen molar-refractivity contribution in [1.29, 1.82) is 0 Å². The van der Waals surface area contributed by atoms with Crippen LogP contribution in [0.4, 0.5) is 20.0 Å². The highest BCUT2D eigenvalue weighted by atomic mass is 32.1. The van der Waals surface area contributed by atoms with Crippen LogP contribution in [0.25, 0.3) is 10.2 Å². The van der Waals surface area contributed by atoms with Crippen LogP contribution in [0.3, 0.4) is 0 Å². The van der Waals surface area contributed by atoms with Crippen LogP contribution in [-0.2, 0) is 0 Å². The molecule has 0 saturated heterocycles. The predicted octanol–water partition coefficient (Wildman–Crippen LogP) is 4.39. The van der Waals surface area contributed by atoms with Gasteiger partial charge in [0.2, 0.25) is 0 Å². The number of amides is 2. The number of benzene rings is 2. The van der Waals surface area contributed by atoms with E-state index in [0.29, 0.717) is 15.5 Å². The lowest BCUT2D eigenvalue weighted by molar-refractivity contribution is 0.262. The summed E-state index contributed by atoms with van der Waals surface area (Å²) in [6.07, 6.45) is 0. The zero-order chi connectivity index (χ0) is 14.8. The van der Waals surface area contributed by atoms with Crippen LogP contribution in [0.5, 0.6) is 0 Å². The van der Waals surface area contributed by atoms with Crippen LogP contribution in [0.1, 0.15) is 5.56 Å². The minimum Gasteiger partial charge on any atom is -0.308 e. The zero-order valence-electron chi connectivity index (χ0n) is 11.2. The molecule has 0 aliphatic heterocycles. The minimum atomic E-state index is -0.404. The van der Waals surface area contributed by atoms with Gasteiger partial charge in [0.1, 0.15) is 11.3 Å². The predicted molar refractivity (Wildman–Crippen MR) is 83.4 cm³/mol. The van der Waals surface area contributed by atoms with Gasteiger partial charge in [-0.2, -0.15) is 0 Å². The fraction of sp³-hybridized carbons (Fsp3) is 0.0667. The van der Waals surface area contributed by atoms with E-state index in [-0.39, 0.29) is 5.52 Å². The highest BCUT2D eigenvalue weighted by molar-refractivity contribution is 7.22. The largest absolute Gasteiger partial charge is 0.325 e. The standard InChI is InChI=1S/C15H12FN3OS/c1-9-5-7-10(8-6-9)17-14(20)19-15-18-13-11(16)3-2-4-12(13)21-15/h2-8H,1H3,(H2,17,18,19,20). The van der Waals surface area contributed by atoms with E-state index >= 15 is 0 Å². The molecule has 6 heteroatoms.